The van der Waals surface area contributed by atoms with Gasteiger partial charge in [0.05, 0.1) is 7.11 Å². The molecule has 0 unspecified atom stereocenters. The van der Waals surface area contributed by atoms with Gasteiger partial charge in [-0.05, 0) is 36.2 Å². The van der Waals surface area contributed by atoms with Gasteiger partial charge in [0.1, 0.15) is 5.75 Å². The summed E-state index contributed by atoms with van der Waals surface area (Å²) in [6, 6.07) is 8.15. The first kappa shape index (κ1) is 15.3. The predicted octanol–water partition coefficient (Wildman–Crippen LogP) is 4.26. The minimum Gasteiger partial charge on any atom is -0.496 e. The van der Waals surface area contributed by atoms with Crippen LogP contribution in [0, 0.1) is 0 Å². The molecule has 0 bridgehead atoms. The third-order valence-corrected chi connectivity index (χ3v) is 8.37. The van der Waals surface area contributed by atoms with Gasteiger partial charge in [-0.1, -0.05) is 39.0 Å². The maximum absolute atomic E-state index is 6.18. The first-order valence-electron chi connectivity index (χ1n) is 6.54. The number of rotatable bonds is 5. The van der Waals surface area contributed by atoms with E-state index in [-0.39, 0.29) is 5.04 Å². The van der Waals surface area contributed by atoms with Crippen molar-refractivity contribution in [1.29, 1.82) is 0 Å². The van der Waals surface area contributed by atoms with Crippen molar-refractivity contribution in [2.45, 2.75) is 45.3 Å². The molecule has 0 aliphatic heterocycles. The van der Waals surface area contributed by atoms with Gasteiger partial charge in [-0.25, -0.2) is 0 Å². The van der Waals surface area contributed by atoms with Crippen molar-refractivity contribution in [3.63, 3.8) is 0 Å². The summed E-state index contributed by atoms with van der Waals surface area (Å²) in [5.74, 6) is 0.955. The average molecular weight is 266 g/mol. The highest BCUT2D eigenvalue weighted by Crippen LogP contribution is 2.36. The average Bonchev–Trinajstić information content (AvgIpc) is 2.28. The monoisotopic (exact) mass is 266 g/mol. The number of para-hydroxylation sites is 1. The number of ether oxygens (including phenoxy) is 1. The number of hydrogen-bond acceptors (Lipinski definition) is 2. The van der Waals surface area contributed by atoms with E-state index in [1.807, 2.05) is 18.2 Å². The number of hydrogen-bond donors (Lipinski definition) is 0. The summed E-state index contributed by atoms with van der Waals surface area (Å²) in [6.07, 6.45) is 0.913. The molecule has 102 valence electrons. The third kappa shape index (κ3) is 3.85. The van der Waals surface area contributed by atoms with E-state index in [1.54, 1.807) is 7.11 Å². The Labute approximate surface area is 112 Å². The Morgan fingerprint density at radius 1 is 1.11 bits per heavy atom. The zero-order valence-corrected chi connectivity index (χ0v) is 13.5. The molecule has 0 aliphatic carbocycles. The minimum absolute atomic E-state index is 0.272. The van der Waals surface area contributed by atoms with Gasteiger partial charge < -0.3 is 9.16 Å². The Bertz CT molecular complexity index is 380. The fourth-order valence-electron chi connectivity index (χ4n) is 1.54. The summed E-state index contributed by atoms with van der Waals surface area (Å²) in [5.41, 5.74) is 1.22. The lowest BCUT2D eigenvalue weighted by molar-refractivity contribution is 0.289. The normalized spacial score (nSPS) is 12.6. The summed E-state index contributed by atoms with van der Waals surface area (Å²) in [7, 11) is 0.0887. The Balaban J connectivity index is 2.57. The first-order valence-corrected chi connectivity index (χ1v) is 9.44. The van der Waals surface area contributed by atoms with E-state index in [0.29, 0.717) is 0 Å². The molecule has 18 heavy (non-hydrogen) atoms. The molecule has 3 heteroatoms. The second-order valence-corrected chi connectivity index (χ2v) is 11.0. The van der Waals surface area contributed by atoms with E-state index in [2.05, 4.69) is 39.9 Å². The van der Waals surface area contributed by atoms with Crippen LogP contribution < -0.4 is 4.74 Å². The maximum atomic E-state index is 6.18. The Kier molecular flexibility index (Phi) is 4.99. The fourth-order valence-corrected chi connectivity index (χ4v) is 2.59. The smallest absolute Gasteiger partial charge is 0.191 e. The highest BCUT2D eigenvalue weighted by molar-refractivity contribution is 6.74. The molecule has 2 nitrogen and oxygen atoms in total. The highest BCUT2D eigenvalue weighted by Gasteiger charge is 2.36. The van der Waals surface area contributed by atoms with E-state index < -0.39 is 8.32 Å². The van der Waals surface area contributed by atoms with Crippen LogP contribution in [-0.4, -0.2) is 22.0 Å². The number of methoxy groups -OCH3 is 1. The molecule has 1 rings (SSSR count). The van der Waals surface area contributed by atoms with Crippen molar-refractivity contribution >= 4 is 8.32 Å². The van der Waals surface area contributed by atoms with Crippen LogP contribution in [0.25, 0.3) is 0 Å². The van der Waals surface area contributed by atoms with E-state index in [4.69, 9.17) is 9.16 Å². The van der Waals surface area contributed by atoms with Gasteiger partial charge in [-0.3, -0.25) is 0 Å². The van der Waals surface area contributed by atoms with E-state index in [1.165, 1.54) is 5.56 Å². The molecule has 0 saturated carbocycles. The number of benzene rings is 1. The second-order valence-electron chi connectivity index (χ2n) is 6.17. The SMILES string of the molecule is COc1ccccc1CCO[Si](C)(C)C(C)(C)C. The van der Waals surface area contributed by atoms with Gasteiger partial charge in [-0.15, -0.1) is 0 Å². The van der Waals surface area contributed by atoms with Gasteiger partial charge in [0.15, 0.2) is 8.32 Å². The van der Waals surface area contributed by atoms with Crippen molar-refractivity contribution in [3.05, 3.63) is 29.8 Å². The molecule has 0 aliphatic rings. The van der Waals surface area contributed by atoms with Crippen LogP contribution in [0.2, 0.25) is 18.1 Å². The van der Waals surface area contributed by atoms with Crippen LogP contribution in [-0.2, 0) is 10.8 Å². The predicted molar refractivity (Wildman–Crippen MR) is 79.8 cm³/mol. The summed E-state index contributed by atoms with van der Waals surface area (Å²) >= 11 is 0. The fraction of sp³-hybridized carbons (Fsp3) is 0.600. The van der Waals surface area contributed by atoms with E-state index >= 15 is 0 Å². The van der Waals surface area contributed by atoms with Crippen LogP contribution in [0.15, 0.2) is 24.3 Å². The molecule has 0 N–H and O–H groups in total. The van der Waals surface area contributed by atoms with Gasteiger partial charge >= 0.3 is 0 Å². The third-order valence-electron chi connectivity index (χ3n) is 3.83. The first-order chi connectivity index (χ1) is 8.28. The van der Waals surface area contributed by atoms with Crippen molar-refractivity contribution in [2.24, 2.45) is 0 Å². The Hall–Kier alpha value is -0.803. The van der Waals surface area contributed by atoms with E-state index in [0.717, 1.165) is 18.8 Å². The van der Waals surface area contributed by atoms with Gasteiger partial charge in [0.25, 0.3) is 0 Å². The molecular formula is C15H26O2Si. The molecule has 0 spiro atoms. The van der Waals surface area contributed by atoms with Crippen molar-refractivity contribution in [2.75, 3.05) is 13.7 Å². The van der Waals surface area contributed by atoms with E-state index in [9.17, 15) is 0 Å². The summed E-state index contributed by atoms with van der Waals surface area (Å²) in [5, 5.41) is 0.272. The second kappa shape index (κ2) is 5.89. The zero-order chi connectivity index (χ0) is 13.8. The lowest BCUT2D eigenvalue weighted by Gasteiger charge is -2.36. The molecule has 0 aromatic heterocycles. The van der Waals surface area contributed by atoms with Crippen molar-refractivity contribution < 1.29 is 9.16 Å². The van der Waals surface area contributed by atoms with Gasteiger partial charge in [0.2, 0.25) is 0 Å². The maximum Gasteiger partial charge on any atom is 0.191 e. The van der Waals surface area contributed by atoms with Crippen LogP contribution in [0.5, 0.6) is 5.75 Å². The minimum atomic E-state index is -1.63. The van der Waals surface area contributed by atoms with Crippen LogP contribution in [0.4, 0.5) is 0 Å². The zero-order valence-electron chi connectivity index (χ0n) is 12.5. The molecule has 0 heterocycles. The Morgan fingerprint density at radius 3 is 2.28 bits per heavy atom. The van der Waals surface area contributed by atoms with Gasteiger partial charge in [-0.2, -0.15) is 0 Å². The molecule has 0 atom stereocenters. The van der Waals surface area contributed by atoms with Crippen LogP contribution in [0.3, 0.4) is 0 Å². The largest absolute Gasteiger partial charge is 0.496 e. The topological polar surface area (TPSA) is 18.5 Å². The molecule has 0 saturated heterocycles. The highest BCUT2D eigenvalue weighted by atomic mass is 28.4. The molecule has 0 radical (unpaired) electrons. The summed E-state index contributed by atoms with van der Waals surface area (Å²) in [6.45, 7) is 12.1. The Morgan fingerprint density at radius 2 is 1.72 bits per heavy atom. The standard InChI is InChI=1S/C15H26O2Si/c1-15(2,3)18(5,6)17-12-11-13-9-7-8-10-14(13)16-4/h7-10H,11-12H2,1-6H3. The van der Waals surface area contributed by atoms with Crippen molar-refractivity contribution in [1.82, 2.24) is 0 Å². The van der Waals surface area contributed by atoms with Gasteiger partial charge in [0, 0.05) is 6.61 Å². The molecule has 0 fully saturated rings. The van der Waals surface area contributed by atoms with Crippen LogP contribution in [0.1, 0.15) is 26.3 Å². The molecule has 1 aromatic carbocycles. The summed E-state index contributed by atoms with van der Waals surface area (Å²) < 4.78 is 11.5. The lowest BCUT2D eigenvalue weighted by Crippen LogP contribution is -2.41. The molecule has 0 amide bonds. The summed E-state index contributed by atoms with van der Waals surface area (Å²) in [4.78, 5) is 0. The molecule has 1 aromatic rings. The lowest BCUT2D eigenvalue weighted by atomic mass is 10.1. The molecular weight excluding hydrogens is 240 g/mol. The quantitative estimate of drug-likeness (QED) is 0.741. The van der Waals surface area contributed by atoms with Crippen molar-refractivity contribution in [3.8, 4) is 5.75 Å². The van der Waals surface area contributed by atoms with Crippen LogP contribution >= 0.6 is 0 Å².